The molecule has 8 rings (SSSR count). The minimum atomic E-state index is -0.104. The molecule has 4 aromatic carbocycles. The maximum absolute atomic E-state index is 6.70. The second-order valence-electron chi connectivity index (χ2n) is 15.7. The molecule has 9 heteroatoms. The van der Waals surface area contributed by atoms with Crippen molar-refractivity contribution in [2.45, 2.75) is 65.7 Å². The number of benzene rings is 4. The van der Waals surface area contributed by atoms with E-state index in [1.807, 2.05) is 109 Å². The predicted molar refractivity (Wildman–Crippen MR) is 225 cm³/mol. The van der Waals surface area contributed by atoms with Crippen LogP contribution in [0, 0.1) is 0 Å². The fourth-order valence-electron chi connectivity index (χ4n) is 6.74. The summed E-state index contributed by atoms with van der Waals surface area (Å²) in [6, 6.07) is 35.3. The van der Waals surface area contributed by atoms with E-state index in [0.717, 1.165) is 38.5 Å². The molecule has 0 spiro atoms. The Hall–Kier alpha value is -6.74. The SMILES string of the molecule is CC(C)c1ccc(Oc2ccccn2)cc1Oc1ccc2c3ccc(Oc4cc(Oc5ccccn5)ccc4C(C)C)cc3n(-c3ncc(C(C)(C)C)cn3)c2c1. The molecule has 0 fully saturated rings. The Morgan fingerprint density at radius 1 is 0.491 bits per heavy atom. The van der Waals surface area contributed by atoms with Gasteiger partial charge in [-0.3, -0.25) is 4.57 Å². The lowest BCUT2D eigenvalue weighted by molar-refractivity contribution is 0.444. The summed E-state index contributed by atoms with van der Waals surface area (Å²) in [4.78, 5) is 18.5. The van der Waals surface area contributed by atoms with Crippen molar-refractivity contribution in [1.82, 2.24) is 24.5 Å². The summed E-state index contributed by atoms with van der Waals surface area (Å²) in [5.41, 5.74) is 4.84. The van der Waals surface area contributed by atoms with Crippen LogP contribution >= 0.6 is 0 Å². The summed E-state index contributed by atoms with van der Waals surface area (Å²) in [6.07, 6.45) is 7.23. The molecule has 0 unspecified atom stereocenters. The molecule has 0 aliphatic carbocycles. The van der Waals surface area contributed by atoms with Gasteiger partial charge in [0.15, 0.2) is 0 Å². The van der Waals surface area contributed by atoms with E-state index < -0.39 is 0 Å². The summed E-state index contributed by atoms with van der Waals surface area (Å²) in [6.45, 7) is 15.1. The molecule has 0 saturated carbocycles. The summed E-state index contributed by atoms with van der Waals surface area (Å²) >= 11 is 0. The smallest absolute Gasteiger partial charge is 0.234 e. The summed E-state index contributed by atoms with van der Waals surface area (Å²) < 4.78 is 27.7. The van der Waals surface area contributed by atoms with Crippen LogP contribution < -0.4 is 18.9 Å². The van der Waals surface area contributed by atoms with Crippen LogP contribution in [0.5, 0.6) is 46.3 Å². The molecule has 8 aromatic rings. The topological polar surface area (TPSA) is 93.4 Å². The Bertz CT molecular complexity index is 2510. The first-order valence-corrected chi connectivity index (χ1v) is 19.2. The molecule has 286 valence electrons. The number of pyridine rings is 2. The van der Waals surface area contributed by atoms with Gasteiger partial charge in [0.25, 0.3) is 0 Å². The zero-order valence-electron chi connectivity index (χ0n) is 33.2. The van der Waals surface area contributed by atoms with Gasteiger partial charge in [0.05, 0.1) is 11.0 Å². The third kappa shape index (κ3) is 8.00. The second kappa shape index (κ2) is 15.4. The molecule has 0 saturated heterocycles. The highest BCUT2D eigenvalue weighted by Gasteiger charge is 2.21. The molecule has 0 aliphatic rings. The number of hydrogen-bond acceptors (Lipinski definition) is 8. The van der Waals surface area contributed by atoms with Crippen molar-refractivity contribution in [1.29, 1.82) is 0 Å². The van der Waals surface area contributed by atoms with Crippen molar-refractivity contribution in [2.24, 2.45) is 0 Å². The zero-order valence-corrected chi connectivity index (χ0v) is 33.2. The van der Waals surface area contributed by atoms with E-state index in [-0.39, 0.29) is 17.3 Å². The van der Waals surface area contributed by atoms with Crippen molar-refractivity contribution in [3.63, 3.8) is 0 Å². The average molecular weight is 756 g/mol. The molecule has 57 heavy (non-hydrogen) atoms. The number of hydrogen-bond donors (Lipinski definition) is 0. The van der Waals surface area contributed by atoms with Gasteiger partial charge in [-0.25, -0.2) is 19.9 Å². The monoisotopic (exact) mass is 755 g/mol. The van der Waals surface area contributed by atoms with Crippen LogP contribution in [-0.2, 0) is 5.41 Å². The van der Waals surface area contributed by atoms with Crippen LogP contribution in [0.4, 0.5) is 0 Å². The number of ether oxygens (including phenoxy) is 4. The Labute approximate surface area is 332 Å². The van der Waals surface area contributed by atoms with Crippen LogP contribution in [-0.4, -0.2) is 24.5 Å². The van der Waals surface area contributed by atoms with Crippen molar-refractivity contribution >= 4 is 21.8 Å². The standard InChI is InChI=1S/C48H45N5O4/c1-30(2)37-18-14-35(56-45-12-8-10-22-49-45)26-43(37)54-33-16-20-39-40-21-17-34(25-42(40)53(41(39)24-33)47-51-28-32(29-52-47)48(5,6)7)55-44-27-36(15-19-38(44)31(3)4)57-46-13-9-11-23-50-46/h8-31H,1-7H3. The second-order valence-corrected chi connectivity index (χ2v) is 15.7. The van der Waals surface area contributed by atoms with Gasteiger partial charge in [-0.1, -0.05) is 72.7 Å². The van der Waals surface area contributed by atoms with Crippen LogP contribution in [0.3, 0.4) is 0 Å². The lowest BCUT2D eigenvalue weighted by Crippen LogP contribution is -2.13. The Balaban J connectivity index is 1.22. The fraction of sp³-hybridized carbons (Fsp3) is 0.208. The largest absolute Gasteiger partial charge is 0.457 e. The van der Waals surface area contributed by atoms with Crippen LogP contribution in [0.15, 0.2) is 134 Å². The first kappa shape index (κ1) is 37.2. The minimum absolute atomic E-state index is 0.104. The normalized spacial score (nSPS) is 11.7. The van der Waals surface area contributed by atoms with E-state index >= 15 is 0 Å². The van der Waals surface area contributed by atoms with Gasteiger partial charge < -0.3 is 18.9 Å². The third-order valence-electron chi connectivity index (χ3n) is 9.80. The highest BCUT2D eigenvalue weighted by Crippen LogP contribution is 2.41. The highest BCUT2D eigenvalue weighted by molar-refractivity contribution is 6.09. The fourth-order valence-corrected chi connectivity index (χ4v) is 6.74. The quantitative estimate of drug-likeness (QED) is 0.129. The van der Waals surface area contributed by atoms with Gasteiger partial charge in [0.2, 0.25) is 17.7 Å². The van der Waals surface area contributed by atoms with Gasteiger partial charge in [-0.05, 0) is 82.5 Å². The molecule has 4 heterocycles. The molecule has 0 aliphatic heterocycles. The predicted octanol–water partition coefficient (Wildman–Crippen LogP) is 13.1. The van der Waals surface area contributed by atoms with E-state index in [2.05, 4.69) is 75.1 Å². The molecule has 0 atom stereocenters. The zero-order chi connectivity index (χ0) is 39.7. The number of nitrogens with zero attached hydrogens (tertiary/aromatic N) is 5. The molecule has 9 nitrogen and oxygen atoms in total. The van der Waals surface area contributed by atoms with Gasteiger partial charge in [-0.2, -0.15) is 0 Å². The summed E-state index contributed by atoms with van der Waals surface area (Å²) in [5.74, 6) is 6.01. The lowest BCUT2D eigenvalue weighted by atomic mass is 9.89. The first-order chi connectivity index (χ1) is 27.5. The van der Waals surface area contributed by atoms with E-state index in [0.29, 0.717) is 52.2 Å². The van der Waals surface area contributed by atoms with E-state index in [1.54, 1.807) is 12.4 Å². The maximum Gasteiger partial charge on any atom is 0.234 e. The molecule has 0 N–H and O–H groups in total. The average Bonchev–Trinajstić information content (AvgIpc) is 3.51. The molecule has 4 aromatic heterocycles. The Morgan fingerprint density at radius 2 is 0.930 bits per heavy atom. The molecule has 0 bridgehead atoms. The van der Waals surface area contributed by atoms with E-state index in [1.165, 1.54) is 0 Å². The number of rotatable bonds is 11. The van der Waals surface area contributed by atoms with E-state index in [9.17, 15) is 0 Å². The molecular weight excluding hydrogens is 711 g/mol. The highest BCUT2D eigenvalue weighted by atomic mass is 16.5. The third-order valence-corrected chi connectivity index (χ3v) is 9.80. The summed E-state index contributed by atoms with van der Waals surface area (Å²) in [7, 11) is 0. The molecule has 0 amide bonds. The van der Waals surface area contributed by atoms with Crippen LogP contribution in [0.2, 0.25) is 0 Å². The van der Waals surface area contributed by atoms with Crippen molar-refractivity contribution in [2.75, 3.05) is 0 Å². The summed E-state index contributed by atoms with van der Waals surface area (Å²) in [5, 5.41) is 2.05. The Morgan fingerprint density at radius 3 is 1.33 bits per heavy atom. The van der Waals surface area contributed by atoms with Gasteiger partial charge in [-0.15, -0.1) is 0 Å². The van der Waals surface area contributed by atoms with E-state index in [4.69, 9.17) is 28.9 Å². The maximum atomic E-state index is 6.70. The number of aromatic nitrogens is 5. The lowest BCUT2D eigenvalue weighted by Gasteiger charge is -2.18. The molecule has 0 radical (unpaired) electrons. The van der Waals surface area contributed by atoms with Crippen molar-refractivity contribution < 1.29 is 18.9 Å². The van der Waals surface area contributed by atoms with Crippen LogP contribution in [0.25, 0.3) is 27.8 Å². The molecular formula is C48H45N5O4. The van der Waals surface area contributed by atoms with Crippen molar-refractivity contribution in [3.05, 3.63) is 151 Å². The Kier molecular flexibility index (Phi) is 10.1. The van der Waals surface area contributed by atoms with Gasteiger partial charge in [0, 0.05) is 72.0 Å². The van der Waals surface area contributed by atoms with Gasteiger partial charge >= 0.3 is 0 Å². The van der Waals surface area contributed by atoms with Crippen LogP contribution in [0.1, 0.15) is 77.0 Å². The number of fused-ring (bicyclic) bond motifs is 3. The minimum Gasteiger partial charge on any atom is -0.457 e. The van der Waals surface area contributed by atoms with Crippen molar-refractivity contribution in [3.8, 4) is 52.2 Å². The first-order valence-electron chi connectivity index (χ1n) is 19.2. The van der Waals surface area contributed by atoms with Gasteiger partial charge in [0.1, 0.15) is 34.5 Å².